The first-order valence-electron chi connectivity index (χ1n) is 6.75. The summed E-state index contributed by atoms with van der Waals surface area (Å²) in [6.07, 6.45) is 0.278. The molecule has 0 aromatic heterocycles. The van der Waals surface area contributed by atoms with E-state index in [4.69, 9.17) is 4.74 Å². The maximum absolute atomic E-state index is 5.42. The Bertz CT molecular complexity index is 379. The van der Waals surface area contributed by atoms with Gasteiger partial charge in [-0.05, 0) is 0 Å². The molecule has 2 aromatic rings. The molecule has 112 valence electrons. The SMILES string of the molecule is CC(C)(C)[C@H]1CN[C](=[Fe])O1.c1cc[cH-]c1.c1cc[cH-]c1. The molecule has 1 N–H and O–H groups in total. The van der Waals surface area contributed by atoms with Gasteiger partial charge in [-0.15, -0.1) is 0 Å². The zero-order valence-electron chi connectivity index (χ0n) is 12.3. The van der Waals surface area contributed by atoms with Gasteiger partial charge in [0.2, 0.25) is 0 Å². The summed E-state index contributed by atoms with van der Waals surface area (Å²) in [6, 6.07) is 20.0. The topological polar surface area (TPSA) is 21.3 Å². The predicted octanol–water partition coefficient (Wildman–Crippen LogP) is 3.47. The zero-order chi connectivity index (χ0) is 14.8. The summed E-state index contributed by atoms with van der Waals surface area (Å²) in [6.45, 7) is 7.39. The summed E-state index contributed by atoms with van der Waals surface area (Å²) in [5.74, 6) is 0. The minimum absolute atomic E-state index is 0.215. The van der Waals surface area contributed by atoms with Crippen LogP contribution >= 0.6 is 0 Å². The van der Waals surface area contributed by atoms with E-state index in [0.717, 1.165) is 6.54 Å². The van der Waals surface area contributed by atoms with Crippen LogP contribution in [0.4, 0.5) is 0 Å². The van der Waals surface area contributed by atoms with Crippen molar-refractivity contribution in [2.45, 2.75) is 26.9 Å². The molecule has 3 rings (SSSR count). The summed E-state index contributed by atoms with van der Waals surface area (Å²) in [7, 11) is 0. The Balaban J connectivity index is 0.000000167. The first kappa shape index (κ1) is 17.1. The van der Waals surface area contributed by atoms with E-state index in [1.807, 2.05) is 60.7 Å². The molecule has 1 atom stereocenters. The van der Waals surface area contributed by atoms with Gasteiger partial charge in [0.1, 0.15) is 0 Å². The Kier molecular flexibility index (Phi) is 7.71. The quantitative estimate of drug-likeness (QED) is 0.594. The van der Waals surface area contributed by atoms with E-state index >= 15 is 0 Å². The number of hydrogen-bond acceptors (Lipinski definition) is 2. The van der Waals surface area contributed by atoms with E-state index in [1.54, 1.807) is 0 Å². The van der Waals surface area contributed by atoms with Crippen molar-refractivity contribution >= 4 is 4.73 Å². The number of ether oxygens (including phenoxy) is 1. The van der Waals surface area contributed by atoms with Crippen LogP contribution in [0, 0.1) is 5.41 Å². The van der Waals surface area contributed by atoms with Crippen LogP contribution in [-0.2, 0) is 20.3 Å². The van der Waals surface area contributed by atoms with Crippen LogP contribution in [-0.4, -0.2) is 17.4 Å². The normalized spacial score (nSPS) is 17.8. The summed E-state index contributed by atoms with van der Waals surface area (Å²) in [4.78, 5) is 0. The number of hydrogen-bond donors (Lipinski definition) is 1. The van der Waals surface area contributed by atoms with Crippen molar-refractivity contribution in [2.75, 3.05) is 6.54 Å². The number of rotatable bonds is 0. The fourth-order valence-electron chi connectivity index (χ4n) is 1.50. The minimum atomic E-state index is 0.215. The Morgan fingerprint density at radius 2 is 1.50 bits per heavy atom. The summed E-state index contributed by atoms with van der Waals surface area (Å²) >= 11 is 3.68. The Labute approximate surface area is 130 Å². The predicted molar refractivity (Wildman–Crippen MR) is 81.4 cm³/mol. The summed E-state index contributed by atoms with van der Waals surface area (Å²) in [5.41, 5.74) is 0.215. The smallest absolute Gasteiger partial charge is 0.172 e. The molecule has 0 amide bonds. The molecule has 1 saturated heterocycles. The molecule has 1 aliphatic heterocycles. The molecule has 2 aromatic carbocycles. The Morgan fingerprint density at radius 3 is 1.65 bits per heavy atom. The van der Waals surface area contributed by atoms with Gasteiger partial charge in [-0.2, -0.15) is 36.4 Å². The summed E-state index contributed by atoms with van der Waals surface area (Å²) in [5, 5.41) is 3.06. The molecule has 0 radical (unpaired) electrons. The number of nitrogens with one attached hydrogen (secondary N) is 1. The van der Waals surface area contributed by atoms with Gasteiger partial charge in [-0.1, -0.05) is 0 Å². The molecular formula is C17H23FeNO-2. The molecule has 0 unspecified atom stereocenters. The van der Waals surface area contributed by atoms with Crippen LogP contribution in [0.3, 0.4) is 0 Å². The average molecular weight is 313 g/mol. The van der Waals surface area contributed by atoms with Crippen molar-refractivity contribution < 1.29 is 20.3 Å². The van der Waals surface area contributed by atoms with Crippen LogP contribution in [0.1, 0.15) is 20.8 Å². The van der Waals surface area contributed by atoms with Crippen LogP contribution in [0.5, 0.6) is 0 Å². The van der Waals surface area contributed by atoms with E-state index in [2.05, 4.69) is 41.7 Å². The third kappa shape index (κ3) is 7.56. The van der Waals surface area contributed by atoms with Gasteiger partial charge in [0.15, 0.2) is 0 Å². The standard InChI is InChI=1S/C7H13NO.2C5H5.Fe/c1-7(2,3)6-4-8-5-9-6;2*1-2-4-5-3-1;/h6,8H,4H2,1-3H3;2*1-5H;/q;2*-1;/t6-;;;/m1.../s1. The van der Waals surface area contributed by atoms with E-state index in [9.17, 15) is 0 Å². The molecule has 2 nitrogen and oxygen atoms in total. The van der Waals surface area contributed by atoms with E-state index in [1.165, 1.54) is 0 Å². The van der Waals surface area contributed by atoms with Crippen molar-refractivity contribution in [1.82, 2.24) is 5.32 Å². The molecule has 0 saturated carbocycles. The van der Waals surface area contributed by atoms with Crippen molar-refractivity contribution in [3.05, 3.63) is 60.7 Å². The second-order valence-electron chi connectivity index (χ2n) is 5.54. The minimum Gasteiger partial charge on any atom is -0.214 e. The average Bonchev–Trinajstić information content (AvgIpc) is 3.15. The molecule has 0 spiro atoms. The fourth-order valence-corrected chi connectivity index (χ4v) is 1.77. The van der Waals surface area contributed by atoms with Crippen LogP contribution in [0.15, 0.2) is 60.7 Å². The van der Waals surface area contributed by atoms with Gasteiger partial charge >= 0.3 is 69.2 Å². The van der Waals surface area contributed by atoms with Crippen molar-refractivity contribution in [3.8, 4) is 0 Å². The van der Waals surface area contributed by atoms with Crippen molar-refractivity contribution in [1.29, 1.82) is 0 Å². The van der Waals surface area contributed by atoms with E-state index < -0.39 is 0 Å². The maximum Gasteiger partial charge on any atom is -0.172 e. The molecule has 1 heterocycles. The molecule has 0 bridgehead atoms. The first-order chi connectivity index (χ1) is 9.50. The molecule has 1 aliphatic rings. The second kappa shape index (κ2) is 9.04. The Hall–Kier alpha value is -0.991. The third-order valence-electron chi connectivity index (χ3n) is 2.74. The fraction of sp³-hybridized carbons (Fsp3) is 0.353. The van der Waals surface area contributed by atoms with Gasteiger partial charge in [-0.25, -0.2) is 24.3 Å². The van der Waals surface area contributed by atoms with Crippen LogP contribution < -0.4 is 5.32 Å². The molecule has 20 heavy (non-hydrogen) atoms. The molecule has 3 heteroatoms. The van der Waals surface area contributed by atoms with Gasteiger partial charge in [0.05, 0.1) is 0 Å². The monoisotopic (exact) mass is 313 g/mol. The first-order valence-corrected chi connectivity index (χ1v) is 7.30. The van der Waals surface area contributed by atoms with Gasteiger partial charge in [-0.3, -0.25) is 0 Å². The van der Waals surface area contributed by atoms with Gasteiger partial charge in [0, 0.05) is 0 Å². The Morgan fingerprint density at radius 1 is 1.05 bits per heavy atom. The van der Waals surface area contributed by atoms with Crippen molar-refractivity contribution in [3.63, 3.8) is 0 Å². The van der Waals surface area contributed by atoms with Crippen LogP contribution in [0.2, 0.25) is 0 Å². The van der Waals surface area contributed by atoms with E-state index in [-0.39, 0.29) is 11.5 Å². The van der Waals surface area contributed by atoms with Gasteiger partial charge < -0.3 is 0 Å². The molecule has 0 aliphatic carbocycles. The second-order valence-corrected chi connectivity index (χ2v) is 6.04. The van der Waals surface area contributed by atoms with Gasteiger partial charge in [0.25, 0.3) is 0 Å². The van der Waals surface area contributed by atoms with Crippen LogP contribution in [0.25, 0.3) is 0 Å². The molecular weight excluding hydrogens is 290 g/mol. The summed E-state index contributed by atoms with van der Waals surface area (Å²) < 4.78 is 6.13. The maximum atomic E-state index is 5.42. The van der Waals surface area contributed by atoms with Crippen molar-refractivity contribution in [2.24, 2.45) is 5.41 Å². The third-order valence-corrected chi connectivity index (χ3v) is 3.07. The largest absolute Gasteiger partial charge is 0.214 e. The van der Waals surface area contributed by atoms with E-state index in [0.29, 0.717) is 4.73 Å². The molecule has 1 fully saturated rings. The zero-order valence-corrected chi connectivity index (χ0v) is 13.4.